The number of hydrogen-bond donors (Lipinski definition) is 1. The molecule has 0 aromatic rings. The van der Waals surface area contributed by atoms with Gasteiger partial charge in [-0.15, -0.1) is 0 Å². The SMILES string of the molecule is COC(C)(OC)O[SiH2]CCCCCCCCCCCCS. The summed E-state index contributed by atoms with van der Waals surface area (Å²) in [6.45, 7) is 1.83. The Hall–Kier alpha value is 0.447. The summed E-state index contributed by atoms with van der Waals surface area (Å²) in [6, 6.07) is 1.21. The lowest BCUT2D eigenvalue weighted by Gasteiger charge is -2.26. The molecule has 0 heterocycles. The van der Waals surface area contributed by atoms with Crippen molar-refractivity contribution in [3.63, 3.8) is 0 Å². The molecular formula is C16H36O3SSi. The second kappa shape index (κ2) is 15.3. The summed E-state index contributed by atoms with van der Waals surface area (Å²) in [5.41, 5.74) is 0. The average Bonchev–Trinajstić information content (AvgIpc) is 2.51. The summed E-state index contributed by atoms with van der Waals surface area (Å²) in [6.07, 6.45) is 13.6. The molecule has 0 unspecified atom stereocenters. The molecule has 0 spiro atoms. The molecule has 0 saturated carbocycles. The summed E-state index contributed by atoms with van der Waals surface area (Å²) < 4.78 is 16.1. The van der Waals surface area contributed by atoms with Crippen molar-refractivity contribution in [1.29, 1.82) is 0 Å². The van der Waals surface area contributed by atoms with E-state index in [1.54, 1.807) is 14.2 Å². The average molecular weight is 337 g/mol. The van der Waals surface area contributed by atoms with E-state index in [9.17, 15) is 0 Å². The standard InChI is InChI=1S/C16H36O3SSi/c1-16(17-2,18-3)19-21-15-13-11-9-7-5-4-6-8-10-12-14-20/h20H,4-15,21H2,1-3H3. The van der Waals surface area contributed by atoms with Crippen LogP contribution in [0, 0.1) is 0 Å². The first-order valence-corrected chi connectivity index (χ1v) is 10.7. The van der Waals surface area contributed by atoms with Gasteiger partial charge in [-0.25, -0.2) is 0 Å². The van der Waals surface area contributed by atoms with Gasteiger partial charge in [0.05, 0.1) is 0 Å². The molecule has 128 valence electrons. The zero-order chi connectivity index (χ0) is 15.8. The maximum absolute atomic E-state index is 5.71. The molecule has 21 heavy (non-hydrogen) atoms. The van der Waals surface area contributed by atoms with Crippen LogP contribution >= 0.6 is 12.6 Å². The van der Waals surface area contributed by atoms with Gasteiger partial charge in [-0.05, 0) is 18.2 Å². The second-order valence-corrected chi connectivity index (χ2v) is 7.58. The largest absolute Gasteiger partial charge is 0.376 e. The van der Waals surface area contributed by atoms with Crippen LogP contribution < -0.4 is 0 Å². The summed E-state index contributed by atoms with van der Waals surface area (Å²) in [5.74, 6) is 0.222. The molecule has 0 bridgehead atoms. The van der Waals surface area contributed by atoms with Crippen LogP contribution in [0.5, 0.6) is 0 Å². The van der Waals surface area contributed by atoms with Crippen molar-refractivity contribution >= 4 is 22.4 Å². The van der Waals surface area contributed by atoms with Crippen molar-refractivity contribution in [2.45, 2.75) is 83.1 Å². The summed E-state index contributed by atoms with van der Waals surface area (Å²) >= 11 is 4.23. The molecule has 0 fully saturated rings. The molecule has 0 saturated heterocycles. The molecule has 0 aromatic carbocycles. The Kier molecular flexibility index (Phi) is 15.7. The van der Waals surface area contributed by atoms with Crippen molar-refractivity contribution in [3.05, 3.63) is 0 Å². The van der Waals surface area contributed by atoms with Gasteiger partial charge in [-0.3, -0.25) is 0 Å². The van der Waals surface area contributed by atoms with E-state index < -0.39 is 15.7 Å². The summed E-state index contributed by atoms with van der Waals surface area (Å²) in [7, 11) is 2.72. The minimum Gasteiger partial charge on any atom is -0.376 e. The van der Waals surface area contributed by atoms with Crippen LogP contribution in [0.4, 0.5) is 0 Å². The van der Waals surface area contributed by atoms with Gasteiger partial charge in [0.1, 0.15) is 0 Å². The Morgan fingerprint density at radius 1 is 0.762 bits per heavy atom. The third-order valence-electron chi connectivity index (χ3n) is 3.91. The Balaban J connectivity index is 3.16. The van der Waals surface area contributed by atoms with E-state index >= 15 is 0 Å². The Labute approximate surface area is 139 Å². The smallest absolute Gasteiger partial charge is 0.269 e. The Morgan fingerprint density at radius 2 is 1.19 bits per heavy atom. The normalized spacial score (nSPS) is 12.6. The van der Waals surface area contributed by atoms with Crippen LogP contribution in [0.25, 0.3) is 0 Å². The molecule has 3 nitrogen and oxygen atoms in total. The molecule has 0 aliphatic carbocycles. The summed E-state index contributed by atoms with van der Waals surface area (Å²) in [4.78, 5) is 0. The van der Waals surface area contributed by atoms with E-state index in [1.165, 1.54) is 70.3 Å². The molecule has 0 amide bonds. The van der Waals surface area contributed by atoms with Gasteiger partial charge in [-0.1, -0.05) is 57.8 Å². The van der Waals surface area contributed by atoms with Gasteiger partial charge < -0.3 is 13.9 Å². The van der Waals surface area contributed by atoms with Crippen molar-refractivity contribution < 1.29 is 13.9 Å². The maximum atomic E-state index is 5.71. The van der Waals surface area contributed by atoms with E-state index in [4.69, 9.17) is 13.9 Å². The fourth-order valence-corrected chi connectivity index (χ4v) is 3.80. The van der Waals surface area contributed by atoms with Gasteiger partial charge in [0.2, 0.25) is 0 Å². The lowest BCUT2D eigenvalue weighted by Crippen LogP contribution is -2.34. The van der Waals surface area contributed by atoms with Crippen LogP contribution in [0.2, 0.25) is 6.04 Å². The highest BCUT2D eigenvalue weighted by Crippen LogP contribution is 2.14. The summed E-state index contributed by atoms with van der Waals surface area (Å²) in [5, 5.41) is 0. The lowest BCUT2D eigenvalue weighted by molar-refractivity contribution is -0.310. The van der Waals surface area contributed by atoms with Crippen molar-refractivity contribution in [2.75, 3.05) is 20.0 Å². The van der Waals surface area contributed by atoms with E-state index in [0.717, 1.165) is 5.75 Å². The topological polar surface area (TPSA) is 27.7 Å². The predicted octanol–water partition coefficient (Wildman–Crippen LogP) is 4.30. The van der Waals surface area contributed by atoms with Crippen molar-refractivity contribution in [2.24, 2.45) is 0 Å². The van der Waals surface area contributed by atoms with E-state index in [0.29, 0.717) is 0 Å². The molecule has 0 aromatic heterocycles. The quantitative estimate of drug-likeness (QED) is 0.197. The minimum absolute atomic E-state index is 0.527. The highest BCUT2D eigenvalue weighted by atomic mass is 32.1. The van der Waals surface area contributed by atoms with E-state index in [-0.39, 0.29) is 0 Å². The van der Waals surface area contributed by atoms with Crippen LogP contribution in [0.1, 0.15) is 71.1 Å². The zero-order valence-electron chi connectivity index (χ0n) is 14.4. The molecule has 0 aliphatic heterocycles. The van der Waals surface area contributed by atoms with Crippen LogP contribution in [-0.4, -0.2) is 35.7 Å². The van der Waals surface area contributed by atoms with E-state index in [1.807, 2.05) is 6.92 Å². The van der Waals surface area contributed by atoms with Gasteiger partial charge in [0.15, 0.2) is 9.76 Å². The van der Waals surface area contributed by atoms with Crippen LogP contribution in [0.15, 0.2) is 0 Å². The number of thiol groups is 1. The van der Waals surface area contributed by atoms with Gasteiger partial charge in [0.25, 0.3) is 5.97 Å². The molecule has 0 atom stereocenters. The number of ether oxygens (including phenoxy) is 2. The third-order valence-corrected chi connectivity index (χ3v) is 5.74. The first kappa shape index (κ1) is 21.4. The number of unbranched alkanes of at least 4 members (excludes halogenated alkanes) is 9. The maximum Gasteiger partial charge on any atom is 0.269 e. The number of hydrogen-bond acceptors (Lipinski definition) is 4. The number of rotatable bonds is 16. The highest BCUT2D eigenvalue weighted by molar-refractivity contribution is 7.80. The molecule has 5 heteroatoms. The predicted molar refractivity (Wildman–Crippen MR) is 96.9 cm³/mol. The third kappa shape index (κ3) is 13.8. The first-order chi connectivity index (χ1) is 10.2. The van der Waals surface area contributed by atoms with Crippen molar-refractivity contribution in [3.8, 4) is 0 Å². The van der Waals surface area contributed by atoms with Crippen LogP contribution in [0.3, 0.4) is 0 Å². The fourth-order valence-electron chi connectivity index (χ4n) is 2.26. The molecule has 0 N–H and O–H groups in total. The molecular weight excluding hydrogens is 300 g/mol. The Bertz CT molecular complexity index is 214. The zero-order valence-corrected chi connectivity index (χ0v) is 16.7. The monoisotopic (exact) mass is 336 g/mol. The fraction of sp³-hybridized carbons (Fsp3) is 1.00. The van der Waals surface area contributed by atoms with Crippen molar-refractivity contribution in [1.82, 2.24) is 0 Å². The van der Waals surface area contributed by atoms with Gasteiger partial charge in [0, 0.05) is 21.1 Å². The molecule has 0 rings (SSSR count). The first-order valence-electron chi connectivity index (χ1n) is 8.53. The van der Waals surface area contributed by atoms with Crippen LogP contribution in [-0.2, 0) is 13.9 Å². The minimum atomic E-state index is -0.820. The lowest BCUT2D eigenvalue weighted by atomic mass is 10.1. The van der Waals surface area contributed by atoms with Gasteiger partial charge >= 0.3 is 0 Å². The molecule has 0 aliphatic rings. The molecule has 0 radical (unpaired) electrons. The second-order valence-electron chi connectivity index (χ2n) is 5.73. The number of methoxy groups -OCH3 is 2. The highest BCUT2D eigenvalue weighted by Gasteiger charge is 2.22. The van der Waals surface area contributed by atoms with E-state index in [2.05, 4.69) is 12.6 Å². The Morgan fingerprint density at radius 3 is 1.62 bits per heavy atom. The van der Waals surface area contributed by atoms with Gasteiger partial charge in [-0.2, -0.15) is 12.6 Å².